The molecule has 4 rings (SSSR count). The zero-order chi connectivity index (χ0) is 25.9. The molecule has 0 spiro atoms. The molecule has 1 saturated heterocycles. The Bertz CT molecular complexity index is 1270. The van der Waals surface area contributed by atoms with Crippen LogP contribution in [0.25, 0.3) is 5.69 Å². The van der Waals surface area contributed by atoms with Gasteiger partial charge in [-0.1, -0.05) is 13.0 Å². The van der Waals surface area contributed by atoms with Gasteiger partial charge in [0.15, 0.2) is 11.6 Å². The Kier molecular flexibility index (Phi) is 7.66. The van der Waals surface area contributed by atoms with Crippen molar-refractivity contribution in [2.75, 3.05) is 38.8 Å². The van der Waals surface area contributed by atoms with E-state index >= 15 is 0 Å². The molecule has 1 fully saturated rings. The number of ether oxygens (including phenoxy) is 4. The number of nitrogens with one attached hydrogen (secondary N) is 1. The Morgan fingerprint density at radius 3 is 2.36 bits per heavy atom. The van der Waals surface area contributed by atoms with Crippen LogP contribution in [-0.4, -0.2) is 72.4 Å². The second kappa shape index (κ2) is 10.7. The summed E-state index contributed by atoms with van der Waals surface area (Å²) in [6, 6.07) is 5.14. The highest BCUT2D eigenvalue weighted by Gasteiger charge is 2.34. The maximum atomic E-state index is 13.4. The van der Waals surface area contributed by atoms with Gasteiger partial charge in [-0.2, -0.15) is 0 Å². The molecule has 1 aliphatic heterocycles. The second-order valence-electron chi connectivity index (χ2n) is 8.06. The normalized spacial score (nSPS) is 17.9. The monoisotopic (exact) mass is 522 g/mol. The van der Waals surface area contributed by atoms with Crippen molar-refractivity contribution in [3.8, 4) is 17.2 Å². The van der Waals surface area contributed by atoms with Gasteiger partial charge in [-0.05, 0) is 19.1 Å². The molecule has 1 aromatic carbocycles. The summed E-state index contributed by atoms with van der Waals surface area (Å²) in [7, 11) is -1.09. The van der Waals surface area contributed by atoms with Gasteiger partial charge in [0.05, 0.1) is 51.7 Å². The molecule has 36 heavy (non-hydrogen) atoms. The Morgan fingerprint density at radius 1 is 1.11 bits per heavy atom. The predicted molar refractivity (Wildman–Crippen MR) is 126 cm³/mol. The third kappa shape index (κ3) is 5.10. The van der Waals surface area contributed by atoms with E-state index in [0.717, 1.165) is 12.4 Å². The fourth-order valence-corrected chi connectivity index (χ4v) is 4.97. The standard InChI is InChI=1S/C22H27FN6O6S/c1-13(20-24-10-15(23)11-25-20)14(2)36(30,31)28-22-27-26-21(18-12-34-8-9-35-18)29(22)19-16(32-3)6-5-7-17(19)33-4/h5-7,10-11,13-14,18H,8-9,12H2,1-4H3,(H,27,28)/t13-,14-,18?/m0/s1. The van der Waals surface area contributed by atoms with E-state index < -0.39 is 33.1 Å². The van der Waals surface area contributed by atoms with Gasteiger partial charge in [0.1, 0.15) is 29.1 Å². The number of hydrogen-bond acceptors (Lipinski definition) is 10. The molecular weight excluding hydrogens is 495 g/mol. The van der Waals surface area contributed by atoms with Gasteiger partial charge in [0.25, 0.3) is 0 Å². The van der Waals surface area contributed by atoms with Gasteiger partial charge in [-0.25, -0.2) is 22.8 Å². The van der Waals surface area contributed by atoms with Gasteiger partial charge >= 0.3 is 0 Å². The van der Waals surface area contributed by atoms with Crippen LogP contribution < -0.4 is 14.2 Å². The first-order chi connectivity index (χ1) is 17.3. The van der Waals surface area contributed by atoms with Gasteiger partial charge in [-0.3, -0.25) is 9.29 Å². The number of rotatable bonds is 9. The number of sulfonamides is 1. The lowest BCUT2D eigenvalue weighted by Crippen LogP contribution is -2.32. The van der Waals surface area contributed by atoms with Crippen molar-refractivity contribution < 1.29 is 31.8 Å². The second-order valence-corrected chi connectivity index (χ2v) is 10.1. The summed E-state index contributed by atoms with van der Waals surface area (Å²) >= 11 is 0. The van der Waals surface area contributed by atoms with Gasteiger partial charge in [0.2, 0.25) is 16.0 Å². The lowest BCUT2D eigenvalue weighted by molar-refractivity contribution is -0.0941. The van der Waals surface area contributed by atoms with Crippen LogP contribution in [0.5, 0.6) is 11.5 Å². The van der Waals surface area contributed by atoms with E-state index in [0.29, 0.717) is 36.2 Å². The van der Waals surface area contributed by atoms with E-state index in [1.54, 1.807) is 25.1 Å². The quantitative estimate of drug-likeness (QED) is 0.445. The van der Waals surface area contributed by atoms with Gasteiger partial charge in [-0.15, -0.1) is 10.2 Å². The number of methoxy groups -OCH3 is 2. The van der Waals surface area contributed by atoms with Crippen molar-refractivity contribution in [2.45, 2.75) is 31.1 Å². The third-order valence-corrected chi connectivity index (χ3v) is 7.75. The highest BCUT2D eigenvalue weighted by atomic mass is 32.2. The molecule has 1 N–H and O–H groups in total. The molecule has 0 saturated carbocycles. The molecule has 3 aromatic rings. The summed E-state index contributed by atoms with van der Waals surface area (Å²) in [6.07, 6.45) is 1.38. The molecule has 2 aromatic heterocycles. The van der Waals surface area contributed by atoms with E-state index in [9.17, 15) is 12.8 Å². The van der Waals surface area contributed by atoms with E-state index in [2.05, 4.69) is 24.9 Å². The largest absolute Gasteiger partial charge is 0.494 e. The number of aromatic nitrogens is 5. The molecule has 0 bridgehead atoms. The molecule has 1 unspecified atom stereocenters. The first-order valence-corrected chi connectivity index (χ1v) is 12.7. The first kappa shape index (κ1) is 25.7. The van der Waals surface area contributed by atoms with Crippen LogP contribution in [0.2, 0.25) is 0 Å². The Morgan fingerprint density at radius 2 is 1.78 bits per heavy atom. The van der Waals surface area contributed by atoms with Crippen molar-refractivity contribution in [3.05, 3.63) is 48.1 Å². The van der Waals surface area contributed by atoms with Crippen molar-refractivity contribution in [1.82, 2.24) is 24.7 Å². The zero-order valence-electron chi connectivity index (χ0n) is 20.2. The van der Waals surface area contributed by atoms with Crippen molar-refractivity contribution >= 4 is 16.0 Å². The molecule has 0 aliphatic carbocycles. The highest BCUT2D eigenvalue weighted by molar-refractivity contribution is 7.93. The van der Waals surface area contributed by atoms with E-state index in [-0.39, 0.29) is 18.4 Å². The van der Waals surface area contributed by atoms with Crippen LogP contribution in [0.15, 0.2) is 30.6 Å². The predicted octanol–water partition coefficient (Wildman–Crippen LogP) is 2.24. The molecule has 0 amide bonds. The topological polar surface area (TPSA) is 140 Å². The molecule has 12 nitrogen and oxygen atoms in total. The Hall–Kier alpha value is -3.36. The van der Waals surface area contributed by atoms with Gasteiger partial charge in [0, 0.05) is 5.92 Å². The van der Waals surface area contributed by atoms with Crippen LogP contribution in [0.3, 0.4) is 0 Å². The number of anilines is 1. The molecule has 0 radical (unpaired) electrons. The van der Waals surface area contributed by atoms with Crippen molar-refractivity contribution in [2.24, 2.45) is 0 Å². The lowest BCUT2D eigenvalue weighted by Gasteiger charge is -2.25. The summed E-state index contributed by atoms with van der Waals surface area (Å²) in [5.74, 6) is -0.0773. The number of nitrogens with zero attached hydrogens (tertiary/aromatic N) is 5. The number of hydrogen-bond donors (Lipinski definition) is 1. The molecule has 14 heteroatoms. The minimum Gasteiger partial charge on any atom is -0.494 e. The SMILES string of the molecule is COc1cccc(OC)c1-n1c(NS(=O)(=O)[C@@H](C)[C@H](C)c2ncc(F)cn2)nnc1C1COCCO1. The fourth-order valence-electron chi connectivity index (χ4n) is 3.74. The van der Waals surface area contributed by atoms with Gasteiger partial charge < -0.3 is 18.9 Å². The summed E-state index contributed by atoms with van der Waals surface area (Å²) < 4.78 is 66.5. The maximum absolute atomic E-state index is 13.4. The Labute approximate surface area is 207 Å². The number of para-hydroxylation sites is 1. The zero-order valence-corrected chi connectivity index (χ0v) is 21.0. The van der Waals surface area contributed by atoms with Crippen LogP contribution in [0, 0.1) is 5.82 Å². The molecule has 194 valence electrons. The maximum Gasteiger partial charge on any atom is 0.243 e. The van der Waals surface area contributed by atoms with Crippen LogP contribution >= 0.6 is 0 Å². The third-order valence-electron chi connectivity index (χ3n) is 5.89. The summed E-state index contributed by atoms with van der Waals surface area (Å²) in [4.78, 5) is 7.84. The van der Waals surface area contributed by atoms with Crippen LogP contribution in [0.4, 0.5) is 10.3 Å². The smallest absolute Gasteiger partial charge is 0.243 e. The first-order valence-electron chi connectivity index (χ1n) is 11.1. The van der Waals surface area contributed by atoms with Crippen molar-refractivity contribution in [3.63, 3.8) is 0 Å². The average Bonchev–Trinajstić information content (AvgIpc) is 3.30. The summed E-state index contributed by atoms with van der Waals surface area (Å²) in [6.45, 7) is 4.13. The molecular formula is C22H27FN6O6S. The summed E-state index contributed by atoms with van der Waals surface area (Å²) in [5, 5.41) is 7.34. The van der Waals surface area contributed by atoms with E-state index in [4.69, 9.17) is 18.9 Å². The fraction of sp³-hybridized carbons (Fsp3) is 0.455. The highest BCUT2D eigenvalue weighted by Crippen LogP contribution is 2.37. The van der Waals surface area contributed by atoms with Crippen LogP contribution in [0.1, 0.15) is 37.5 Å². The van der Waals surface area contributed by atoms with Crippen molar-refractivity contribution in [1.29, 1.82) is 0 Å². The van der Waals surface area contributed by atoms with Crippen LogP contribution in [-0.2, 0) is 19.5 Å². The lowest BCUT2D eigenvalue weighted by atomic mass is 10.1. The molecule has 3 atom stereocenters. The minimum absolute atomic E-state index is 0.0963. The van der Waals surface area contributed by atoms with E-state index in [1.165, 1.54) is 25.7 Å². The average molecular weight is 523 g/mol. The van der Waals surface area contributed by atoms with E-state index in [1.807, 2.05) is 0 Å². The molecule has 3 heterocycles. The summed E-state index contributed by atoms with van der Waals surface area (Å²) in [5.41, 5.74) is 0.386. The minimum atomic E-state index is -4.06. The number of halogens is 1. The Balaban J connectivity index is 1.77. The molecule has 1 aliphatic rings. The number of benzene rings is 1.